The molecule has 3 rings (SSSR count). The van der Waals surface area contributed by atoms with Crippen molar-refractivity contribution in [1.82, 2.24) is 4.90 Å². The number of carbonyl (C=O) groups is 2. The molecule has 2 atom stereocenters. The van der Waals surface area contributed by atoms with Crippen molar-refractivity contribution in [3.8, 4) is 5.75 Å². The quantitative estimate of drug-likeness (QED) is 0.834. The largest absolute Gasteiger partial charge is 0.494 e. The maximum Gasteiger partial charge on any atom is 0.308 e. The van der Waals surface area contributed by atoms with Crippen LogP contribution in [-0.4, -0.2) is 41.6 Å². The van der Waals surface area contributed by atoms with Gasteiger partial charge in [0.05, 0.1) is 12.5 Å². The molecule has 0 unspecified atom stereocenters. The van der Waals surface area contributed by atoms with E-state index < -0.39 is 5.97 Å². The first-order valence-corrected chi connectivity index (χ1v) is 8.80. The highest BCUT2D eigenvalue weighted by molar-refractivity contribution is 5.79. The van der Waals surface area contributed by atoms with Gasteiger partial charge in [-0.1, -0.05) is 12.1 Å². The Kier molecular flexibility index (Phi) is 5.07. The zero-order valence-electron chi connectivity index (χ0n) is 14.1. The van der Waals surface area contributed by atoms with E-state index >= 15 is 0 Å². The van der Waals surface area contributed by atoms with Crippen molar-refractivity contribution >= 4 is 11.9 Å². The molecule has 1 aliphatic carbocycles. The summed E-state index contributed by atoms with van der Waals surface area (Å²) in [4.78, 5) is 25.6. The van der Waals surface area contributed by atoms with Crippen LogP contribution >= 0.6 is 0 Å². The third-order valence-electron chi connectivity index (χ3n) is 5.12. The normalized spacial score (nSPS) is 23.3. The van der Waals surface area contributed by atoms with Gasteiger partial charge in [0.15, 0.2) is 0 Å². The molecule has 1 N–H and O–H groups in total. The second-order valence-corrected chi connectivity index (χ2v) is 6.82. The van der Waals surface area contributed by atoms with Crippen molar-refractivity contribution < 1.29 is 19.4 Å². The van der Waals surface area contributed by atoms with Gasteiger partial charge in [0.1, 0.15) is 5.75 Å². The van der Waals surface area contributed by atoms with Gasteiger partial charge in [0.25, 0.3) is 0 Å². The average Bonchev–Trinajstić information content (AvgIpc) is 3.32. The van der Waals surface area contributed by atoms with Crippen molar-refractivity contribution in [2.45, 2.75) is 32.6 Å². The lowest BCUT2D eigenvalue weighted by Gasteiger charge is -2.16. The van der Waals surface area contributed by atoms with E-state index in [1.54, 1.807) is 4.90 Å². The van der Waals surface area contributed by atoms with Gasteiger partial charge in [-0.25, -0.2) is 0 Å². The molecule has 24 heavy (non-hydrogen) atoms. The molecule has 0 spiro atoms. The van der Waals surface area contributed by atoms with Crippen molar-refractivity contribution in [3.63, 3.8) is 0 Å². The van der Waals surface area contributed by atoms with Gasteiger partial charge < -0.3 is 14.7 Å². The Morgan fingerprint density at radius 3 is 2.50 bits per heavy atom. The number of rotatable bonds is 7. The minimum Gasteiger partial charge on any atom is -0.494 e. The highest BCUT2D eigenvalue weighted by atomic mass is 16.5. The number of benzene rings is 1. The predicted octanol–water partition coefficient (Wildman–Crippen LogP) is 2.59. The van der Waals surface area contributed by atoms with E-state index in [4.69, 9.17) is 4.74 Å². The molecule has 130 valence electrons. The second kappa shape index (κ2) is 7.24. The smallest absolute Gasteiger partial charge is 0.308 e. The fourth-order valence-electron chi connectivity index (χ4n) is 3.62. The molecule has 5 heteroatoms. The Hall–Kier alpha value is -2.04. The van der Waals surface area contributed by atoms with Crippen molar-refractivity contribution in [2.75, 3.05) is 19.7 Å². The van der Waals surface area contributed by atoms with Crippen molar-refractivity contribution in [1.29, 1.82) is 0 Å². The van der Waals surface area contributed by atoms with Crippen LogP contribution in [0, 0.1) is 17.8 Å². The summed E-state index contributed by atoms with van der Waals surface area (Å²) in [6.07, 6.45) is 3.33. The fraction of sp³-hybridized carbons (Fsp3) is 0.579. The molecule has 1 saturated heterocycles. The maximum absolute atomic E-state index is 12.5. The molecule has 1 aromatic rings. The Morgan fingerprint density at radius 2 is 1.92 bits per heavy atom. The summed E-state index contributed by atoms with van der Waals surface area (Å²) in [7, 11) is 0. The molecular weight excluding hydrogens is 306 g/mol. The molecule has 2 aliphatic rings. The van der Waals surface area contributed by atoms with Crippen LogP contribution in [0.3, 0.4) is 0 Å². The van der Waals surface area contributed by atoms with Gasteiger partial charge >= 0.3 is 5.97 Å². The lowest BCUT2D eigenvalue weighted by molar-refractivity contribution is -0.142. The average molecular weight is 331 g/mol. The molecule has 1 aliphatic heterocycles. The SMILES string of the molecule is CCOc1ccc(CCC(=O)N2C[C@H](C(=O)O)[C@@H](C3CC3)C2)cc1. The summed E-state index contributed by atoms with van der Waals surface area (Å²) in [5, 5.41) is 9.39. The number of aliphatic carboxylic acids is 1. The summed E-state index contributed by atoms with van der Waals surface area (Å²) in [5.74, 6) is 0.426. The first-order valence-electron chi connectivity index (χ1n) is 8.80. The zero-order chi connectivity index (χ0) is 17.1. The first-order chi connectivity index (χ1) is 11.6. The Labute approximate surface area is 142 Å². The molecule has 1 heterocycles. The second-order valence-electron chi connectivity index (χ2n) is 6.82. The van der Waals surface area contributed by atoms with Crippen molar-refractivity contribution in [3.05, 3.63) is 29.8 Å². The molecule has 2 fully saturated rings. The van der Waals surface area contributed by atoms with Crippen LogP contribution in [0.1, 0.15) is 31.7 Å². The molecule has 0 aromatic heterocycles. The number of ether oxygens (including phenoxy) is 1. The number of nitrogens with zero attached hydrogens (tertiary/aromatic N) is 1. The van der Waals surface area contributed by atoms with E-state index in [1.165, 1.54) is 0 Å². The number of hydrogen-bond donors (Lipinski definition) is 1. The molecule has 5 nitrogen and oxygen atoms in total. The number of hydrogen-bond acceptors (Lipinski definition) is 3. The lowest BCUT2D eigenvalue weighted by Crippen LogP contribution is -2.30. The Bertz CT molecular complexity index is 594. The zero-order valence-corrected chi connectivity index (χ0v) is 14.1. The monoisotopic (exact) mass is 331 g/mol. The van der Waals surface area contributed by atoms with Gasteiger partial charge in [-0.05, 0) is 55.7 Å². The third kappa shape index (κ3) is 3.89. The van der Waals surface area contributed by atoms with Gasteiger partial charge in [0.2, 0.25) is 5.91 Å². The van der Waals surface area contributed by atoms with Crippen LogP contribution in [0.4, 0.5) is 0 Å². The third-order valence-corrected chi connectivity index (χ3v) is 5.12. The standard InChI is InChI=1S/C19H25NO4/c1-2-24-15-8-3-13(4-9-15)5-10-18(21)20-11-16(14-6-7-14)17(12-20)19(22)23/h3-4,8-9,14,16-17H,2,5-7,10-12H2,1H3,(H,22,23)/t16-,17+/m1/s1. The van der Waals surface area contributed by atoms with Gasteiger partial charge in [0, 0.05) is 19.5 Å². The Balaban J connectivity index is 1.52. The number of likely N-dealkylation sites (tertiary alicyclic amines) is 1. The van der Waals surface area contributed by atoms with Crippen molar-refractivity contribution in [2.24, 2.45) is 17.8 Å². The number of aryl methyl sites for hydroxylation is 1. The topological polar surface area (TPSA) is 66.8 Å². The highest BCUT2D eigenvalue weighted by Gasteiger charge is 2.46. The fourth-order valence-corrected chi connectivity index (χ4v) is 3.62. The van der Waals surface area contributed by atoms with Crippen LogP contribution < -0.4 is 4.74 Å². The van der Waals surface area contributed by atoms with E-state index in [2.05, 4.69) is 0 Å². The van der Waals surface area contributed by atoms with E-state index in [0.717, 1.165) is 24.2 Å². The molecule has 1 saturated carbocycles. The van der Waals surface area contributed by atoms with E-state index in [0.29, 0.717) is 38.5 Å². The molecular formula is C19H25NO4. The van der Waals surface area contributed by atoms with Gasteiger partial charge in [-0.15, -0.1) is 0 Å². The van der Waals surface area contributed by atoms with Crippen LogP contribution in [0.5, 0.6) is 5.75 Å². The summed E-state index contributed by atoms with van der Waals surface area (Å²) in [6, 6.07) is 7.80. The minimum absolute atomic E-state index is 0.0679. The summed E-state index contributed by atoms with van der Waals surface area (Å²) in [6.45, 7) is 3.57. The molecule has 1 amide bonds. The molecule has 0 bridgehead atoms. The highest BCUT2D eigenvalue weighted by Crippen LogP contribution is 2.44. The van der Waals surface area contributed by atoms with Crippen LogP contribution in [0.15, 0.2) is 24.3 Å². The number of carbonyl (C=O) groups excluding carboxylic acids is 1. The van der Waals surface area contributed by atoms with Crippen LogP contribution in [0.25, 0.3) is 0 Å². The van der Waals surface area contributed by atoms with E-state index in [1.807, 2.05) is 31.2 Å². The predicted molar refractivity (Wildman–Crippen MR) is 89.9 cm³/mol. The Morgan fingerprint density at radius 1 is 1.21 bits per heavy atom. The van der Waals surface area contributed by atoms with Gasteiger partial charge in [-0.3, -0.25) is 9.59 Å². The van der Waals surface area contributed by atoms with E-state index in [9.17, 15) is 14.7 Å². The van der Waals surface area contributed by atoms with Gasteiger partial charge in [-0.2, -0.15) is 0 Å². The number of carboxylic acid groups (broad SMARTS) is 1. The number of amides is 1. The maximum atomic E-state index is 12.5. The summed E-state index contributed by atoms with van der Waals surface area (Å²) < 4.78 is 5.41. The minimum atomic E-state index is -0.756. The van der Waals surface area contributed by atoms with Crippen LogP contribution in [-0.2, 0) is 16.0 Å². The van der Waals surface area contributed by atoms with E-state index in [-0.39, 0.29) is 17.7 Å². The molecule has 0 radical (unpaired) electrons. The van der Waals surface area contributed by atoms with Crippen LogP contribution in [0.2, 0.25) is 0 Å². The lowest BCUT2D eigenvalue weighted by atomic mass is 9.92. The summed E-state index contributed by atoms with van der Waals surface area (Å²) >= 11 is 0. The number of carboxylic acids is 1. The molecule has 1 aromatic carbocycles. The summed E-state index contributed by atoms with van der Waals surface area (Å²) in [5.41, 5.74) is 1.10. The first kappa shape index (κ1) is 16.8.